The highest BCUT2D eigenvalue weighted by molar-refractivity contribution is 4.72. The lowest BCUT2D eigenvalue weighted by Crippen LogP contribution is -2.40. The monoisotopic (exact) mass is 116 g/mol. The fourth-order valence-corrected chi connectivity index (χ4v) is 0.819. The van der Waals surface area contributed by atoms with E-state index in [9.17, 15) is 0 Å². The Balaban J connectivity index is 2.15. The molecule has 0 aromatic heterocycles. The molecule has 0 amide bonds. The summed E-state index contributed by atoms with van der Waals surface area (Å²) in [5.74, 6) is 0.554. The van der Waals surface area contributed by atoms with Crippen molar-refractivity contribution >= 4 is 0 Å². The second-order valence-corrected chi connectivity index (χ2v) is 2.61. The van der Waals surface area contributed by atoms with Crippen molar-refractivity contribution < 1.29 is 9.84 Å². The maximum absolute atomic E-state index is 8.64. The van der Waals surface area contributed by atoms with Gasteiger partial charge in [0.1, 0.15) is 0 Å². The summed E-state index contributed by atoms with van der Waals surface area (Å²) in [4.78, 5) is 0. The molecule has 0 spiro atoms. The highest BCUT2D eigenvalue weighted by Gasteiger charge is 2.29. The van der Waals surface area contributed by atoms with Gasteiger partial charge in [-0.3, -0.25) is 0 Å². The Morgan fingerprint density at radius 2 is 2.12 bits per heavy atom. The van der Waals surface area contributed by atoms with Gasteiger partial charge in [0.25, 0.3) is 0 Å². The van der Waals surface area contributed by atoms with Gasteiger partial charge >= 0.3 is 0 Å². The van der Waals surface area contributed by atoms with Crippen molar-refractivity contribution in [3.63, 3.8) is 0 Å². The summed E-state index contributed by atoms with van der Waals surface area (Å²) >= 11 is 0. The van der Waals surface area contributed by atoms with Crippen LogP contribution in [0.1, 0.15) is 20.3 Å². The molecule has 48 valence electrons. The molecule has 2 unspecified atom stereocenters. The van der Waals surface area contributed by atoms with Gasteiger partial charge in [-0.05, 0) is 5.92 Å². The standard InChI is InChI=1S/C6H12O2/c1-4(2)5-3-6(7)8-5/h4-7H,3H2,1-2H3. The molecule has 8 heavy (non-hydrogen) atoms. The highest BCUT2D eigenvalue weighted by atomic mass is 16.6. The molecule has 1 aliphatic rings. The maximum Gasteiger partial charge on any atom is 0.157 e. The van der Waals surface area contributed by atoms with Crippen LogP contribution in [0.5, 0.6) is 0 Å². The van der Waals surface area contributed by atoms with Crippen molar-refractivity contribution in [3.05, 3.63) is 0 Å². The summed E-state index contributed by atoms with van der Waals surface area (Å²) in [6.45, 7) is 4.19. The van der Waals surface area contributed by atoms with Gasteiger partial charge in [-0.15, -0.1) is 0 Å². The van der Waals surface area contributed by atoms with E-state index in [2.05, 4.69) is 13.8 Å². The van der Waals surface area contributed by atoms with Crippen LogP contribution in [0.15, 0.2) is 0 Å². The van der Waals surface area contributed by atoms with E-state index in [0.29, 0.717) is 12.0 Å². The molecule has 1 rings (SSSR count). The molecule has 2 heteroatoms. The zero-order valence-corrected chi connectivity index (χ0v) is 5.29. The third-order valence-electron chi connectivity index (χ3n) is 1.51. The van der Waals surface area contributed by atoms with Crippen LogP contribution in [0, 0.1) is 5.92 Å². The van der Waals surface area contributed by atoms with Crippen molar-refractivity contribution in [2.75, 3.05) is 0 Å². The van der Waals surface area contributed by atoms with Crippen LogP contribution in [0.2, 0.25) is 0 Å². The van der Waals surface area contributed by atoms with Crippen LogP contribution >= 0.6 is 0 Å². The molecule has 1 saturated heterocycles. The maximum atomic E-state index is 8.64. The first-order valence-corrected chi connectivity index (χ1v) is 3.03. The van der Waals surface area contributed by atoms with E-state index in [0.717, 1.165) is 6.42 Å². The zero-order chi connectivity index (χ0) is 6.15. The Morgan fingerprint density at radius 1 is 1.62 bits per heavy atom. The fraction of sp³-hybridized carbons (Fsp3) is 1.00. The molecule has 2 atom stereocenters. The molecule has 0 aromatic rings. The van der Waals surface area contributed by atoms with E-state index in [-0.39, 0.29) is 0 Å². The van der Waals surface area contributed by atoms with Crippen molar-refractivity contribution in [2.24, 2.45) is 5.92 Å². The second-order valence-electron chi connectivity index (χ2n) is 2.61. The van der Waals surface area contributed by atoms with Gasteiger partial charge in [0.15, 0.2) is 6.29 Å². The van der Waals surface area contributed by atoms with Crippen molar-refractivity contribution in [1.29, 1.82) is 0 Å². The van der Waals surface area contributed by atoms with Gasteiger partial charge in [0, 0.05) is 6.42 Å². The molecular weight excluding hydrogens is 104 g/mol. The Hall–Kier alpha value is -0.0800. The Bertz CT molecular complexity index is 74.6. The third-order valence-corrected chi connectivity index (χ3v) is 1.51. The number of aliphatic hydroxyl groups is 1. The fourth-order valence-electron chi connectivity index (χ4n) is 0.819. The van der Waals surface area contributed by atoms with Gasteiger partial charge in [0.2, 0.25) is 0 Å². The molecular formula is C6H12O2. The van der Waals surface area contributed by atoms with Gasteiger partial charge < -0.3 is 9.84 Å². The lowest BCUT2D eigenvalue weighted by atomic mass is 10.00. The van der Waals surface area contributed by atoms with Gasteiger partial charge in [0.05, 0.1) is 6.10 Å². The first kappa shape index (κ1) is 6.05. The first-order chi connectivity index (χ1) is 3.70. The summed E-state index contributed by atoms with van der Waals surface area (Å²) in [6.07, 6.45) is 0.657. The lowest BCUT2D eigenvalue weighted by molar-refractivity contribution is -0.244. The average molecular weight is 116 g/mol. The van der Waals surface area contributed by atoms with Crippen molar-refractivity contribution in [3.8, 4) is 0 Å². The summed E-state index contributed by atoms with van der Waals surface area (Å²) in [5, 5.41) is 8.64. The van der Waals surface area contributed by atoms with E-state index in [1.807, 2.05) is 0 Å². The number of hydrogen-bond acceptors (Lipinski definition) is 2. The van der Waals surface area contributed by atoms with Crippen LogP contribution < -0.4 is 0 Å². The molecule has 0 radical (unpaired) electrons. The largest absolute Gasteiger partial charge is 0.368 e. The second kappa shape index (κ2) is 2.03. The predicted molar refractivity (Wildman–Crippen MR) is 30.3 cm³/mol. The van der Waals surface area contributed by atoms with Gasteiger partial charge in [-0.1, -0.05) is 13.8 Å². The van der Waals surface area contributed by atoms with E-state index in [4.69, 9.17) is 9.84 Å². The molecule has 0 aromatic carbocycles. The summed E-state index contributed by atoms with van der Waals surface area (Å²) in [6, 6.07) is 0. The van der Waals surface area contributed by atoms with E-state index >= 15 is 0 Å². The lowest BCUT2D eigenvalue weighted by Gasteiger charge is -2.34. The molecule has 0 aliphatic carbocycles. The molecule has 1 aliphatic heterocycles. The minimum absolute atomic E-state index is 0.310. The molecule has 1 N–H and O–H groups in total. The quantitative estimate of drug-likeness (QED) is 0.547. The number of rotatable bonds is 1. The summed E-state index contributed by atoms with van der Waals surface area (Å²) in [7, 11) is 0. The van der Waals surface area contributed by atoms with Crippen LogP contribution in [-0.4, -0.2) is 17.5 Å². The van der Waals surface area contributed by atoms with Crippen LogP contribution in [0.4, 0.5) is 0 Å². The highest BCUT2D eigenvalue weighted by Crippen LogP contribution is 2.24. The molecule has 1 fully saturated rings. The Labute approximate surface area is 49.5 Å². The number of ether oxygens (including phenoxy) is 1. The molecule has 0 bridgehead atoms. The van der Waals surface area contributed by atoms with Crippen molar-refractivity contribution in [1.82, 2.24) is 0 Å². The molecule has 0 saturated carbocycles. The predicted octanol–water partition coefficient (Wildman–Crippen LogP) is 0.750. The number of aliphatic hydroxyl groups excluding tert-OH is 1. The van der Waals surface area contributed by atoms with Gasteiger partial charge in [-0.2, -0.15) is 0 Å². The van der Waals surface area contributed by atoms with E-state index in [1.54, 1.807) is 0 Å². The van der Waals surface area contributed by atoms with E-state index in [1.165, 1.54) is 0 Å². The van der Waals surface area contributed by atoms with Crippen LogP contribution in [0.25, 0.3) is 0 Å². The Morgan fingerprint density at radius 3 is 2.25 bits per heavy atom. The average Bonchev–Trinajstić information content (AvgIpc) is 1.57. The topological polar surface area (TPSA) is 29.5 Å². The van der Waals surface area contributed by atoms with Crippen molar-refractivity contribution in [2.45, 2.75) is 32.7 Å². The smallest absolute Gasteiger partial charge is 0.157 e. The van der Waals surface area contributed by atoms with Gasteiger partial charge in [-0.25, -0.2) is 0 Å². The summed E-state index contributed by atoms with van der Waals surface area (Å²) < 4.78 is 4.96. The van der Waals surface area contributed by atoms with Crippen LogP contribution in [-0.2, 0) is 4.74 Å². The van der Waals surface area contributed by atoms with E-state index < -0.39 is 6.29 Å². The minimum Gasteiger partial charge on any atom is -0.368 e. The zero-order valence-electron chi connectivity index (χ0n) is 5.29. The third kappa shape index (κ3) is 1.01. The Kier molecular flexibility index (Phi) is 1.54. The normalized spacial score (nSPS) is 37.5. The number of hydrogen-bond donors (Lipinski definition) is 1. The minimum atomic E-state index is -0.470. The first-order valence-electron chi connectivity index (χ1n) is 3.03. The summed E-state index contributed by atoms with van der Waals surface area (Å²) in [5.41, 5.74) is 0. The molecule has 1 heterocycles. The van der Waals surface area contributed by atoms with Crippen LogP contribution in [0.3, 0.4) is 0 Å². The molecule has 2 nitrogen and oxygen atoms in total. The SMILES string of the molecule is CC(C)C1CC(O)O1.